The van der Waals surface area contributed by atoms with E-state index in [0.717, 1.165) is 30.5 Å². The standard InChI is InChI=1S/C24H25N5O3/c30-22(17-32-21-12-5-4-11-20(21)18-8-2-1-3-9-18)27-28-23(31)19-10-6-15-29(16-19)24-25-13-7-14-26-24/h1-5,7-9,11-14,19H,6,10,15-17H2,(H,27,30)(H,28,31)/t19-/m1/s1. The van der Waals surface area contributed by atoms with Gasteiger partial charge in [-0.2, -0.15) is 0 Å². The lowest BCUT2D eigenvalue weighted by Crippen LogP contribution is -2.50. The summed E-state index contributed by atoms with van der Waals surface area (Å²) >= 11 is 0. The van der Waals surface area contributed by atoms with E-state index in [1.165, 1.54) is 0 Å². The highest BCUT2D eigenvalue weighted by molar-refractivity contribution is 5.84. The Labute approximate surface area is 186 Å². The number of anilines is 1. The second-order valence-corrected chi connectivity index (χ2v) is 7.52. The first-order chi connectivity index (χ1) is 15.7. The van der Waals surface area contributed by atoms with Gasteiger partial charge < -0.3 is 9.64 Å². The van der Waals surface area contributed by atoms with Crippen LogP contribution in [0.4, 0.5) is 5.95 Å². The second-order valence-electron chi connectivity index (χ2n) is 7.52. The van der Waals surface area contributed by atoms with E-state index in [1.54, 1.807) is 18.5 Å². The number of hydrogen-bond donors (Lipinski definition) is 2. The van der Waals surface area contributed by atoms with E-state index in [9.17, 15) is 9.59 Å². The average molecular weight is 431 g/mol. The topological polar surface area (TPSA) is 96.5 Å². The molecule has 2 heterocycles. The van der Waals surface area contributed by atoms with Gasteiger partial charge in [0.15, 0.2) is 6.61 Å². The van der Waals surface area contributed by atoms with Gasteiger partial charge in [-0.3, -0.25) is 20.4 Å². The van der Waals surface area contributed by atoms with Crippen molar-refractivity contribution >= 4 is 17.8 Å². The fourth-order valence-electron chi connectivity index (χ4n) is 3.69. The number of aromatic nitrogens is 2. The quantitative estimate of drug-likeness (QED) is 0.583. The lowest BCUT2D eigenvalue weighted by molar-refractivity contribution is -0.132. The smallest absolute Gasteiger partial charge is 0.276 e. The van der Waals surface area contributed by atoms with Crippen molar-refractivity contribution in [2.45, 2.75) is 12.8 Å². The third-order valence-electron chi connectivity index (χ3n) is 5.28. The van der Waals surface area contributed by atoms with Gasteiger partial charge in [0.2, 0.25) is 11.9 Å². The maximum Gasteiger partial charge on any atom is 0.276 e. The minimum Gasteiger partial charge on any atom is -0.483 e. The number of para-hydroxylation sites is 1. The molecule has 8 nitrogen and oxygen atoms in total. The Balaban J connectivity index is 1.27. The van der Waals surface area contributed by atoms with Crippen LogP contribution in [-0.4, -0.2) is 41.5 Å². The van der Waals surface area contributed by atoms with Crippen molar-refractivity contribution in [3.05, 3.63) is 73.1 Å². The number of hydrogen-bond acceptors (Lipinski definition) is 6. The van der Waals surface area contributed by atoms with Crippen LogP contribution in [0, 0.1) is 5.92 Å². The molecule has 0 aliphatic carbocycles. The first-order valence-electron chi connectivity index (χ1n) is 10.6. The number of ether oxygens (including phenoxy) is 1. The van der Waals surface area contributed by atoms with Crippen molar-refractivity contribution in [1.82, 2.24) is 20.8 Å². The van der Waals surface area contributed by atoms with Crippen molar-refractivity contribution < 1.29 is 14.3 Å². The van der Waals surface area contributed by atoms with Gasteiger partial charge in [0.05, 0.1) is 5.92 Å². The summed E-state index contributed by atoms with van der Waals surface area (Å²) in [7, 11) is 0. The molecule has 4 rings (SSSR count). The lowest BCUT2D eigenvalue weighted by atomic mass is 9.98. The number of amides is 2. The lowest BCUT2D eigenvalue weighted by Gasteiger charge is -2.31. The predicted molar refractivity (Wildman–Crippen MR) is 121 cm³/mol. The largest absolute Gasteiger partial charge is 0.483 e. The number of rotatable bonds is 6. The normalized spacial score (nSPS) is 15.6. The Morgan fingerprint density at radius 2 is 1.72 bits per heavy atom. The summed E-state index contributed by atoms with van der Waals surface area (Å²) in [6.07, 6.45) is 4.96. The number of nitrogens with zero attached hydrogens (tertiary/aromatic N) is 3. The summed E-state index contributed by atoms with van der Waals surface area (Å²) in [5.41, 5.74) is 6.87. The zero-order valence-corrected chi connectivity index (χ0v) is 17.6. The van der Waals surface area contributed by atoms with Crippen LogP contribution in [0.1, 0.15) is 12.8 Å². The van der Waals surface area contributed by atoms with Crippen LogP contribution < -0.4 is 20.5 Å². The van der Waals surface area contributed by atoms with Crippen LogP contribution in [-0.2, 0) is 9.59 Å². The van der Waals surface area contributed by atoms with Crippen LogP contribution in [0.15, 0.2) is 73.1 Å². The Bertz CT molecular complexity index is 1050. The highest BCUT2D eigenvalue weighted by atomic mass is 16.5. The molecule has 1 fully saturated rings. The molecular weight excluding hydrogens is 406 g/mol. The summed E-state index contributed by atoms with van der Waals surface area (Å²) in [6.45, 7) is 1.10. The molecule has 8 heteroatoms. The monoisotopic (exact) mass is 431 g/mol. The predicted octanol–water partition coefficient (Wildman–Crippen LogP) is 2.59. The zero-order valence-electron chi connectivity index (χ0n) is 17.6. The molecule has 2 aromatic carbocycles. The third-order valence-corrected chi connectivity index (χ3v) is 5.28. The molecule has 0 spiro atoms. The maximum atomic E-state index is 12.6. The molecule has 0 bridgehead atoms. The maximum absolute atomic E-state index is 12.6. The number of carbonyl (C=O) groups is 2. The first-order valence-corrected chi connectivity index (χ1v) is 10.6. The van der Waals surface area contributed by atoms with Crippen LogP contribution in [0.3, 0.4) is 0 Å². The molecule has 2 amide bonds. The second kappa shape index (κ2) is 10.4. The molecule has 32 heavy (non-hydrogen) atoms. The molecule has 1 aliphatic rings. The van der Waals surface area contributed by atoms with E-state index in [0.29, 0.717) is 18.2 Å². The van der Waals surface area contributed by atoms with E-state index < -0.39 is 5.91 Å². The summed E-state index contributed by atoms with van der Waals surface area (Å²) in [4.78, 5) is 35.3. The van der Waals surface area contributed by atoms with Gasteiger partial charge in [-0.05, 0) is 30.5 Å². The molecular formula is C24H25N5O3. The number of nitrogens with one attached hydrogen (secondary N) is 2. The summed E-state index contributed by atoms with van der Waals surface area (Å²) < 4.78 is 5.72. The summed E-state index contributed by atoms with van der Waals surface area (Å²) in [5.74, 6) is 0.294. The van der Waals surface area contributed by atoms with Gasteiger partial charge in [0.1, 0.15) is 5.75 Å². The van der Waals surface area contributed by atoms with Crippen molar-refractivity contribution in [3.63, 3.8) is 0 Å². The van der Waals surface area contributed by atoms with E-state index >= 15 is 0 Å². The van der Waals surface area contributed by atoms with Gasteiger partial charge in [-0.1, -0.05) is 48.5 Å². The third kappa shape index (κ3) is 5.40. The highest BCUT2D eigenvalue weighted by Crippen LogP contribution is 2.29. The highest BCUT2D eigenvalue weighted by Gasteiger charge is 2.27. The van der Waals surface area contributed by atoms with Crippen molar-refractivity contribution in [2.24, 2.45) is 5.92 Å². The van der Waals surface area contributed by atoms with Crippen molar-refractivity contribution in [1.29, 1.82) is 0 Å². The Kier molecular flexibility index (Phi) is 6.91. The molecule has 1 aromatic heterocycles. The molecule has 3 aromatic rings. The molecule has 2 N–H and O–H groups in total. The van der Waals surface area contributed by atoms with Gasteiger partial charge in [0, 0.05) is 31.0 Å². The molecule has 0 saturated carbocycles. The number of piperidine rings is 1. The van der Waals surface area contributed by atoms with Gasteiger partial charge in [0.25, 0.3) is 5.91 Å². The Morgan fingerprint density at radius 1 is 0.969 bits per heavy atom. The zero-order chi connectivity index (χ0) is 22.2. The van der Waals surface area contributed by atoms with Gasteiger partial charge in [-0.25, -0.2) is 9.97 Å². The van der Waals surface area contributed by atoms with Crippen molar-refractivity contribution in [3.8, 4) is 16.9 Å². The Hall–Kier alpha value is -3.94. The molecule has 1 aliphatic heterocycles. The minimum atomic E-state index is -0.430. The average Bonchev–Trinajstić information content (AvgIpc) is 2.87. The Morgan fingerprint density at radius 3 is 2.53 bits per heavy atom. The van der Waals surface area contributed by atoms with Gasteiger partial charge >= 0.3 is 0 Å². The van der Waals surface area contributed by atoms with Crippen LogP contribution >= 0.6 is 0 Å². The number of hydrazine groups is 1. The van der Waals surface area contributed by atoms with E-state index in [-0.39, 0.29) is 18.4 Å². The fourth-order valence-corrected chi connectivity index (χ4v) is 3.69. The minimum absolute atomic E-state index is 0.210. The van der Waals surface area contributed by atoms with E-state index in [2.05, 4.69) is 20.8 Å². The van der Waals surface area contributed by atoms with Crippen LogP contribution in [0.5, 0.6) is 5.75 Å². The summed E-state index contributed by atoms with van der Waals surface area (Å²) in [6, 6.07) is 19.1. The molecule has 1 saturated heterocycles. The molecule has 1 atom stereocenters. The van der Waals surface area contributed by atoms with E-state index in [1.807, 2.05) is 59.5 Å². The molecule has 164 valence electrons. The number of carbonyl (C=O) groups excluding carboxylic acids is 2. The van der Waals surface area contributed by atoms with Crippen molar-refractivity contribution in [2.75, 3.05) is 24.6 Å². The number of benzene rings is 2. The van der Waals surface area contributed by atoms with Crippen LogP contribution in [0.25, 0.3) is 11.1 Å². The van der Waals surface area contributed by atoms with Gasteiger partial charge in [-0.15, -0.1) is 0 Å². The fraction of sp³-hybridized carbons (Fsp3) is 0.250. The van der Waals surface area contributed by atoms with Crippen LogP contribution in [0.2, 0.25) is 0 Å². The molecule has 0 unspecified atom stereocenters. The first kappa shape index (κ1) is 21.3. The summed E-state index contributed by atoms with van der Waals surface area (Å²) in [5, 5.41) is 0. The SMILES string of the molecule is O=C(COc1ccccc1-c1ccccc1)NNC(=O)[C@@H]1CCCN(c2ncccn2)C1. The van der Waals surface area contributed by atoms with E-state index in [4.69, 9.17) is 4.74 Å². The molecule has 0 radical (unpaired) electrons.